The Balaban J connectivity index is 1.13. The van der Waals surface area contributed by atoms with Crippen molar-refractivity contribution in [1.29, 1.82) is 0 Å². The third kappa shape index (κ3) is 5.30. The molecular formula is C31H29N5O4S. The zero-order chi connectivity index (χ0) is 28.3. The van der Waals surface area contributed by atoms with Gasteiger partial charge in [0.05, 0.1) is 25.7 Å². The summed E-state index contributed by atoms with van der Waals surface area (Å²) in [5, 5.41) is 4.50. The van der Waals surface area contributed by atoms with Crippen LogP contribution in [0.25, 0.3) is 10.9 Å². The van der Waals surface area contributed by atoms with Crippen LogP contribution in [0, 0.1) is 0 Å². The summed E-state index contributed by atoms with van der Waals surface area (Å²) < 4.78 is 10.6. The molecule has 3 aromatic carbocycles. The predicted octanol–water partition coefficient (Wildman–Crippen LogP) is 4.48. The van der Waals surface area contributed by atoms with E-state index < -0.39 is 6.04 Å². The standard InChI is InChI=1S/C31H29N5O4S/c1-39-26-12-11-19(15-27(26)40-2)13-14-32-28(37)18-41-31-35-24-10-6-4-8-22(24)29-34-25(30(38)36(29)31)16-20-17-33-23-9-5-3-7-21(20)23/h3-12,15,17,25,33H,13-14,16,18H2,1-2H3,(H,32,37). The quantitative estimate of drug-likeness (QED) is 0.310. The number of nitrogens with zero attached hydrogens (tertiary/aromatic N) is 3. The Hall–Kier alpha value is -4.57. The average molecular weight is 568 g/mol. The molecule has 0 fully saturated rings. The van der Waals surface area contributed by atoms with Crippen molar-refractivity contribution in [2.75, 3.05) is 26.5 Å². The summed E-state index contributed by atoms with van der Waals surface area (Å²) >= 11 is 1.24. The van der Waals surface area contributed by atoms with Crippen LogP contribution in [0.15, 0.2) is 82.9 Å². The maximum Gasteiger partial charge on any atom is 0.259 e. The maximum atomic E-state index is 13.7. The second-order valence-corrected chi connectivity index (χ2v) is 10.6. The van der Waals surface area contributed by atoms with Crippen molar-refractivity contribution in [3.05, 3.63) is 89.6 Å². The van der Waals surface area contributed by atoms with Gasteiger partial charge in [0.15, 0.2) is 16.7 Å². The summed E-state index contributed by atoms with van der Waals surface area (Å²) in [4.78, 5) is 40.9. The zero-order valence-electron chi connectivity index (χ0n) is 22.7. The van der Waals surface area contributed by atoms with Gasteiger partial charge in [-0.2, -0.15) is 0 Å². The van der Waals surface area contributed by atoms with Crippen LogP contribution in [0.1, 0.15) is 16.7 Å². The van der Waals surface area contributed by atoms with E-state index in [-0.39, 0.29) is 17.6 Å². The summed E-state index contributed by atoms with van der Waals surface area (Å²) in [6.45, 7) is 0.465. The van der Waals surface area contributed by atoms with Crippen LogP contribution in [0.5, 0.6) is 11.5 Å². The third-order valence-electron chi connectivity index (χ3n) is 7.15. The lowest BCUT2D eigenvalue weighted by molar-refractivity contribution is -0.124. The minimum atomic E-state index is -0.573. The number of H-pyrrole nitrogens is 1. The number of aromatic amines is 1. The molecule has 9 nitrogen and oxygen atoms in total. The first-order chi connectivity index (χ1) is 20.1. The van der Waals surface area contributed by atoms with E-state index in [4.69, 9.17) is 19.5 Å². The number of methoxy groups -OCH3 is 2. The molecular weight excluding hydrogens is 538 g/mol. The number of amidine groups is 2. The summed E-state index contributed by atoms with van der Waals surface area (Å²) in [5.41, 5.74) is 4.63. The summed E-state index contributed by atoms with van der Waals surface area (Å²) in [5.74, 6) is 1.74. The van der Waals surface area contributed by atoms with E-state index in [1.165, 1.54) is 11.8 Å². The van der Waals surface area contributed by atoms with Gasteiger partial charge in [-0.25, -0.2) is 9.89 Å². The molecule has 0 spiro atoms. The molecule has 10 heteroatoms. The van der Waals surface area contributed by atoms with E-state index in [1.54, 1.807) is 19.1 Å². The topological polar surface area (TPSA) is 108 Å². The molecule has 2 aliphatic rings. The monoisotopic (exact) mass is 567 g/mol. The van der Waals surface area contributed by atoms with E-state index >= 15 is 0 Å². The first kappa shape index (κ1) is 26.6. The third-order valence-corrected chi connectivity index (χ3v) is 8.09. The lowest BCUT2D eigenvalue weighted by Gasteiger charge is -2.25. The van der Waals surface area contributed by atoms with E-state index in [2.05, 4.69) is 10.3 Å². The Kier molecular flexibility index (Phi) is 7.47. The van der Waals surface area contributed by atoms with E-state index in [1.807, 2.05) is 72.9 Å². The minimum Gasteiger partial charge on any atom is -0.493 e. The number of fused-ring (bicyclic) bond motifs is 4. The van der Waals surface area contributed by atoms with E-state index in [9.17, 15) is 9.59 Å². The second kappa shape index (κ2) is 11.5. The molecule has 0 radical (unpaired) electrons. The van der Waals surface area contributed by atoms with Crippen molar-refractivity contribution >= 4 is 51.2 Å². The van der Waals surface area contributed by atoms with Gasteiger partial charge in [0.1, 0.15) is 11.9 Å². The molecule has 0 saturated carbocycles. The van der Waals surface area contributed by atoms with Crippen LogP contribution in [0.2, 0.25) is 0 Å². The number of rotatable bonds is 9. The molecule has 4 aromatic rings. The van der Waals surface area contributed by atoms with E-state index in [0.717, 1.165) is 33.3 Å². The average Bonchev–Trinajstić information content (AvgIpc) is 3.56. The van der Waals surface area contributed by atoms with Gasteiger partial charge in [-0.05, 0) is 47.9 Å². The SMILES string of the molecule is COc1ccc(CCNC(=O)CSC2=Nc3ccccc3C3=NC(Cc4c[nH]c5ccccc45)C(=O)N23)cc1OC. The van der Waals surface area contributed by atoms with Crippen LogP contribution >= 0.6 is 11.8 Å². The molecule has 0 saturated heterocycles. The molecule has 2 amide bonds. The highest BCUT2D eigenvalue weighted by atomic mass is 32.2. The molecule has 1 atom stereocenters. The van der Waals surface area contributed by atoms with Crippen molar-refractivity contribution in [2.45, 2.75) is 18.9 Å². The molecule has 6 rings (SSSR count). The molecule has 1 unspecified atom stereocenters. The number of nitrogens with one attached hydrogen (secondary N) is 2. The number of benzene rings is 3. The van der Waals surface area contributed by atoms with Gasteiger partial charge >= 0.3 is 0 Å². The second-order valence-electron chi connectivity index (χ2n) is 9.70. The fourth-order valence-corrected chi connectivity index (χ4v) is 5.93. The molecule has 41 heavy (non-hydrogen) atoms. The van der Waals surface area contributed by atoms with Crippen molar-refractivity contribution in [3.8, 4) is 11.5 Å². The summed E-state index contributed by atoms with van der Waals surface area (Å²) in [6, 6.07) is 20.8. The molecule has 2 N–H and O–H groups in total. The largest absolute Gasteiger partial charge is 0.493 e. The molecule has 0 aliphatic carbocycles. The number of ether oxygens (including phenoxy) is 2. The molecule has 208 valence electrons. The van der Waals surface area contributed by atoms with Crippen LogP contribution in [0.4, 0.5) is 5.69 Å². The normalized spacial score (nSPS) is 15.7. The summed E-state index contributed by atoms with van der Waals surface area (Å²) in [6.07, 6.45) is 3.06. The fourth-order valence-electron chi connectivity index (χ4n) is 5.10. The first-order valence-electron chi connectivity index (χ1n) is 13.3. The smallest absolute Gasteiger partial charge is 0.259 e. The number of carbonyl (C=O) groups is 2. The Morgan fingerprint density at radius 1 is 1.05 bits per heavy atom. The van der Waals surface area contributed by atoms with Crippen LogP contribution in [-0.4, -0.2) is 65.3 Å². The van der Waals surface area contributed by atoms with E-state index in [0.29, 0.717) is 41.9 Å². The molecule has 0 bridgehead atoms. The lowest BCUT2D eigenvalue weighted by atomic mass is 10.1. The van der Waals surface area contributed by atoms with Gasteiger partial charge in [0, 0.05) is 35.6 Å². The molecule has 3 heterocycles. The zero-order valence-corrected chi connectivity index (χ0v) is 23.5. The lowest BCUT2D eigenvalue weighted by Crippen LogP contribution is -2.42. The fraction of sp³-hybridized carbons (Fsp3) is 0.226. The van der Waals surface area contributed by atoms with Crippen LogP contribution < -0.4 is 14.8 Å². The van der Waals surface area contributed by atoms with Gasteiger partial charge in [0.2, 0.25) is 5.91 Å². The van der Waals surface area contributed by atoms with Gasteiger partial charge in [-0.1, -0.05) is 48.2 Å². The Morgan fingerprint density at radius 3 is 2.71 bits per heavy atom. The van der Waals surface area contributed by atoms with Gasteiger partial charge in [0.25, 0.3) is 5.91 Å². The number of para-hydroxylation sites is 2. The number of hydrogen-bond acceptors (Lipinski definition) is 7. The molecule has 2 aliphatic heterocycles. The number of aromatic nitrogens is 1. The van der Waals surface area contributed by atoms with Crippen molar-refractivity contribution < 1.29 is 19.1 Å². The highest BCUT2D eigenvalue weighted by molar-refractivity contribution is 8.14. The number of hydrogen-bond donors (Lipinski definition) is 2. The van der Waals surface area contributed by atoms with Gasteiger partial charge < -0.3 is 19.8 Å². The van der Waals surface area contributed by atoms with Crippen LogP contribution in [-0.2, 0) is 22.4 Å². The van der Waals surface area contributed by atoms with Crippen molar-refractivity contribution in [2.24, 2.45) is 9.98 Å². The molecule has 1 aromatic heterocycles. The highest BCUT2D eigenvalue weighted by Crippen LogP contribution is 2.34. The maximum absolute atomic E-state index is 13.7. The number of carbonyl (C=O) groups excluding carboxylic acids is 2. The van der Waals surface area contributed by atoms with Gasteiger partial charge in [-0.15, -0.1) is 0 Å². The first-order valence-corrected chi connectivity index (χ1v) is 14.3. The highest BCUT2D eigenvalue weighted by Gasteiger charge is 2.41. The number of thioether (sulfide) groups is 1. The summed E-state index contributed by atoms with van der Waals surface area (Å²) in [7, 11) is 3.19. The Bertz CT molecular complexity index is 1690. The number of amides is 2. The van der Waals surface area contributed by atoms with Crippen molar-refractivity contribution in [1.82, 2.24) is 15.2 Å². The Labute approximate surface area is 241 Å². The predicted molar refractivity (Wildman–Crippen MR) is 161 cm³/mol. The minimum absolute atomic E-state index is 0.122. The Morgan fingerprint density at radius 2 is 1.85 bits per heavy atom. The van der Waals surface area contributed by atoms with Crippen molar-refractivity contribution in [3.63, 3.8) is 0 Å². The number of aliphatic imine (C=N–C) groups is 2. The van der Waals surface area contributed by atoms with Crippen LogP contribution in [0.3, 0.4) is 0 Å². The van der Waals surface area contributed by atoms with Gasteiger partial charge in [-0.3, -0.25) is 14.6 Å².